The van der Waals surface area contributed by atoms with Gasteiger partial charge in [-0.3, -0.25) is 0 Å². The van der Waals surface area contributed by atoms with E-state index in [0.717, 1.165) is 17.3 Å². The van der Waals surface area contributed by atoms with Crippen LogP contribution in [0.4, 0.5) is 5.82 Å². The van der Waals surface area contributed by atoms with Crippen molar-refractivity contribution in [2.24, 2.45) is 5.41 Å². The van der Waals surface area contributed by atoms with Crippen molar-refractivity contribution in [1.82, 2.24) is 9.97 Å². The van der Waals surface area contributed by atoms with Crippen LogP contribution in [-0.2, 0) is 11.5 Å². The molecule has 15 heavy (non-hydrogen) atoms. The fourth-order valence-corrected chi connectivity index (χ4v) is 3.21. The van der Waals surface area contributed by atoms with Crippen LogP contribution in [0.2, 0.25) is 0 Å². The third-order valence-electron chi connectivity index (χ3n) is 3.45. The van der Waals surface area contributed by atoms with Gasteiger partial charge in [-0.1, -0.05) is 13.8 Å². The summed E-state index contributed by atoms with van der Waals surface area (Å²) in [7, 11) is 0. The smallest absolute Gasteiger partial charge is 0.134 e. The zero-order valence-electron chi connectivity index (χ0n) is 9.08. The van der Waals surface area contributed by atoms with E-state index in [9.17, 15) is 0 Å². The van der Waals surface area contributed by atoms with Crippen LogP contribution >= 0.6 is 11.8 Å². The summed E-state index contributed by atoms with van der Waals surface area (Å²) >= 11 is 1.88. The minimum atomic E-state index is 0.381. The average molecular weight is 221 g/mol. The number of rotatable bonds is 1. The first-order valence-electron chi connectivity index (χ1n) is 5.31. The summed E-state index contributed by atoms with van der Waals surface area (Å²) in [5.41, 5.74) is 8.68. The molecule has 2 N–H and O–H groups in total. The van der Waals surface area contributed by atoms with Crippen molar-refractivity contribution in [2.75, 3.05) is 5.73 Å². The summed E-state index contributed by atoms with van der Waals surface area (Å²) in [5.74, 6) is 4.19. The second-order valence-corrected chi connectivity index (χ2v) is 6.12. The van der Waals surface area contributed by atoms with Gasteiger partial charge < -0.3 is 5.73 Å². The highest BCUT2D eigenvalue weighted by Gasteiger charge is 2.49. The van der Waals surface area contributed by atoms with E-state index in [4.69, 9.17) is 5.73 Å². The van der Waals surface area contributed by atoms with Crippen molar-refractivity contribution in [3.05, 3.63) is 17.1 Å². The lowest BCUT2D eigenvalue weighted by molar-refractivity contribution is 0.607. The van der Waals surface area contributed by atoms with Crippen LogP contribution in [0.15, 0.2) is 0 Å². The Bertz CT molecular complexity index is 428. The van der Waals surface area contributed by atoms with Gasteiger partial charge in [-0.25, -0.2) is 9.97 Å². The Balaban J connectivity index is 2.01. The molecule has 1 unspecified atom stereocenters. The lowest BCUT2D eigenvalue weighted by atomic mass is 10.1. The molecule has 0 amide bonds. The molecule has 1 aliphatic heterocycles. The molecule has 1 aromatic rings. The molecular formula is C11H15N3S. The topological polar surface area (TPSA) is 51.8 Å². The van der Waals surface area contributed by atoms with E-state index in [-0.39, 0.29) is 0 Å². The summed E-state index contributed by atoms with van der Waals surface area (Å²) in [4.78, 5) is 9.12. The lowest BCUT2D eigenvalue weighted by Gasteiger charge is -2.07. The highest BCUT2D eigenvalue weighted by molar-refractivity contribution is 7.98. The average Bonchev–Trinajstić information content (AvgIpc) is 2.63. The van der Waals surface area contributed by atoms with E-state index >= 15 is 0 Å². The Morgan fingerprint density at radius 3 is 2.73 bits per heavy atom. The molecule has 1 saturated carbocycles. The summed E-state index contributed by atoms with van der Waals surface area (Å²) in [6, 6.07) is 0. The Kier molecular flexibility index (Phi) is 1.81. The first-order chi connectivity index (χ1) is 7.08. The summed E-state index contributed by atoms with van der Waals surface area (Å²) in [5, 5.41) is 0. The Labute approximate surface area is 93.9 Å². The molecule has 1 aromatic heterocycles. The molecule has 0 radical (unpaired) electrons. The van der Waals surface area contributed by atoms with E-state index in [2.05, 4.69) is 23.8 Å². The maximum absolute atomic E-state index is 5.96. The predicted octanol–water partition coefficient (Wildman–Crippen LogP) is 2.32. The van der Waals surface area contributed by atoms with E-state index in [1.54, 1.807) is 0 Å². The first-order valence-corrected chi connectivity index (χ1v) is 6.46. The summed E-state index contributed by atoms with van der Waals surface area (Å²) in [6.07, 6.45) is 1.19. The van der Waals surface area contributed by atoms with Gasteiger partial charge in [0.15, 0.2) is 0 Å². The fourth-order valence-electron chi connectivity index (χ4n) is 2.16. The van der Waals surface area contributed by atoms with Crippen LogP contribution in [-0.4, -0.2) is 9.97 Å². The molecular weight excluding hydrogens is 206 g/mol. The molecule has 80 valence electrons. The Morgan fingerprint density at radius 1 is 1.33 bits per heavy atom. The van der Waals surface area contributed by atoms with Gasteiger partial charge in [-0.05, 0) is 11.8 Å². The number of anilines is 1. The number of thioether (sulfide) groups is 1. The van der Waals surface area contributed by atoms with Crippen molar-refractivity contribution in [3.8, 4) is 0 Å². The number of nitrogens with two attached hydrogens (primary N) is 1. The van der Waals surface area contributed by atoms with E-state index in [0.29, 0.717) is 17.2 Å². The molecule has 1 atom stereocenters. The number of nitrogen functional groups attached to an aromatic ring is 1. The van der Waals surface area contributed by atoms with Crippen LogP contribution in [0.5, 0.6) is 0 Å². The van der Waals surface area contributed by atoms with Gasteiger partial charge in [0.2, 0.25) is 0 Å². The molecule has 2 heterocycles. The van der Waals surface area contributed by atoms with Gasteiger partial charge in [-0.15, -0.1) is 0 Å². The minimum Gasteiger partial charge on any atom is -0.383 e. The van der Waals surface area contributed by atoms with E-state index in [1.165, 1.54) is 17.7 Å². The zero-order valence-corrected chi connectivity index (χ0v) is 9.90. The standard InChI is InChI=1S/C11H15N3S/c1-11(2)3-7(11)10-13-8-5-15-4-6(8)9(12)14-10/h7H,3-5H2,1-2H3,(H2,12,13,14). The summed E-state index contributed by atoms with van der Waals surface area (Å²) in [6.45, 7) is 4.53. The summed E-state index contributed by atoms with van der Waals surface area (Å²) < 4.78 is 0. The number of hydrogen-bond donors (Lipinski definition) is 1. The van der Waals surface area contributed by atoms with E-state index in [1.807, 2.05) is 11.8 Å². The minimum absolute atomic E-state index is 0.381. The molecule has 0 spiro atoms. The van der Waals surface area contributed by atoms with Crippen LogP contribution in [0.3, 0.4) is 0 Å². The monoisotopic (exact) mass is 221 g/mol. The van der Waals surface area contributed by atoms with Crippen LogP contribution in [0.25, 0.3) is 0 Å². The first kappa shape index (κ1) is 9.46. The van der Waals surface area contributed by atoms with E-state index < -0.39 is 0 Å². The maximum Gasteiger partial charge on any atom is 0.134 e. The highest BCUT2D eigenvalue weighted by atomic mass is 32.2. The highest BCUT2D eigenvalue weighted by Crippen LogP contribution is 2.57. The molecule has 1 aliphatic carbocycles. The molecule has 2 aliphatic rings. The molecule has 0 bridgehead atoms. The molecule has 1 fully saturated rings. The van der Waals surface area contributed by atoms with Crippen LogP contribution in [0, 0.1) is 5.41 Å². The van der Waals surface area contributed by atoms with Crippen molar-refractivity contribution < 1.29 is 0 Å². The quantitative estimate of drug-likeness (QED) is 0.790. The second kappa shape index (κ2) is 2.88. The number of aromatic nitrogens is 2. The van der Waals surface area contributed by atoms with Crippen molar-refractivity contribution >= 4 is 17.6 Å². The van der Waals surface area contributed by atoms with Gasteiger partial charge in [0.25, 0.3) is 0 Å². The largest absolute Gasteiger partial charge is 0.383 e. The SMILES string of the molecule is CC1(C)CC1c1nc(N)c2c(n1)CSC2. The molecule has 4 heteroatoms. The fraction of sp³-hybridized carbons (Fsp3) is 0.636. The number of nitrogens with zero attached hydrogens (tertiary/aromatic N) is 2. The Hall–Kier alpha value is -0.770. The molecule has 3 nitrogen and oxygen atoms in total. The predicted molar refractivity (Wildman–Crippen MR) is 62.6 cm³/mol. The third-order valence-corrected chi connectivity index (χ3v) is 4.42. The van der Waals surface area contributed by atoms with Gasteiger partial charge >= 0.3 is 0 Å². The number of fused-ring (bicyclic) bond motifs is 1. The molecule has 3 rings (SSSR count). The van der Waals surface area contributed by atoms with Crippen molar-refractivity contribution in [1.29, 1.82) is 0 Å². The number of hydrogen-bond acceptors (Lipinski definition) is 4. The van der Waals surface area contributed by atoms with Gasteiger partial charge in [0, 0.05) is 23.0 Å². The zero-order chi connectivity index (χ0) is 10.6. The van der Waals surface area contributed by atoms with Crippen LogP contribution in [0.1, 0.15) is 43.3 Å². The third kappa shape index (κ3) is 1.42. The second-order valence-electron chi connectivity index (χ2n) is 5.13. The van der Waals surface area contributed by atoms with Gasteiger partial charge in [0.1, 0.15) is 11.6 Å². The van der Waals surface area contributed by atoms with Gasteiger partial charge in [-0.2, -0.15) is 11.8 Å². The maximum atomic E-state index is 5.96. The van der Waals surface area contributed by atoms with Crippen LogP contribution < -0.4 is 5.73 Å². The Morgan fingerprint density at radius 2 is 2.07 bits per heavy atom. The van der Waals surface area contributed by atoms with Crippen molar-refractivity contribution in [3.63, 3.8) is 0 Å². The molecule has 0 aromatic carbocycles. The molecule has 0 saturated heterocycles. The lowest BCUT2D eigenvalue weighted by Crippen LogP contribution is -2.06. The normalized spacial score (nSPS) is 26.4. The van der Waals surface area contributed by atoms with Gasteiger partial charge in [0.05, 0.1) is 5.69 Å². The van der Waals surface area contributed by atoms with Crippen molar-refractivity contribution in [2.45, 2.75) is 37.7 Å².